The van der Waals surface area contributed by atoms with E-state index in [1.54, 1.807) is 12.1 Å². The zero-order chi connectivity index (χ0) is 19.4. The number of para-hydroxylation sites is 1. The summed E-state index contributed by atoms with van der Waals surface area (Å²) in [4.78, 5) is 12.4. The van der Waals surface area contributed by atoms with Crippen LogP contribution in [0.15, 0.2) is 57.9 Å². The van der Waals surface area contributed by atoms with Gasteiger partial charge in [-0.25, -0.2) is 8.42 Å². The number of carbonyl (C=O) groups excluding carboxylic acids is 1. The van der Waals surface area contributed by atoms with Crippen molar-refractivity contribution >= 4 is 31.9 Å². The number of fused-ring (bicyclic) bond motifs is 1. The van der Waals surface area contributed by atoms with Crippen LogP contribution in [0.3, 0.4) is 0 Å². The first-order valence-electron chi connectivity index (χ1n) is 8.55. The summed E-state index contributed by atoms with van der Waals surface area (Å²) in [5, 5.41) is 2.81. The van der Waals surface area contributed by atoms with Crippen LogP contribution in [0.4, 0.5) is 0 Å². The monoisotopic (exact) mass is 452 g/mol. The van der Waals surface area contributed by atoms with Crippen LogP contribution in [0, 0.1) is 5.92 Å². The first kappa shape index (κ1) is 19.9. The molecule has 1 heterocycles. The van der Waals surface area contributed by atoms with Crippen LogP contribution in [0.5, 0.6) is 5.75 Å². The molecule has 2 aromatic carbocycles. The van der Waals surface area contributed by atoms with Crippen molar-refractivity contribution in [1.82, 2.24) is 9.62 Å². The highest BCUT2D eigenvalue weighted by atomic mass is 79.9. The topological polar surface area (TPSA) is 75.7 Å². The second kappa shape index (κ2) is 8.41. The normalized spacial score (nSPS) is 16.5. The Hall–Kier alpha value is -1.90. The number of hydrogen-bond donors (Lipinski definition) is 1. The molecule has 1 atom stereocenters. The van der Waals surface area contributed by atoms with E-state index in [0.29, 0.717) is 13.2 Å². The van der Waals surface area contributed by atoms with Gasteiger partial charge in [-0.05, 0) is 42.3 Å². The molecule has 0 aliphatic carbocycles. The highest BCUT2D eigenvalue weighted by molar-refractivity contribution is 9.10. The molecular formula is C19H21BrN2O4S. The number of sulfonamides is 1. The number of rotatable bonds is 6. The van der Waals surface area contributed by atoms with E-state index in [-0.39, 0.29) is 23.3 Å². The zero-order valence-electron chi connectivity index (χ0n) is 14.9. The fourth-order valence-corrected chi connectivity index (χ4v) is 4.30. The summed E-state index contributed by atoms with van der Waals surface area (Å²) in [6, 6.07) is 14.2. The maximum absolute atomic E-state index is 12.5. The minimum atomic E-state index is -3.71. The van der Waals surface area contributed by atoms with E-state index < -0.39 is 10.0 Å². The SMILES string of the molecule is CN(CC(=O)NCC1COc2ccccc2C1)S(=O)(=O)c1ccc(Br)cc1. The summed E-state index contributed by atoms with van der Waals surface area (Å²) < 4.78 is 32.6. The van der Waals surface area contributed by atoms with Gasteiger partial charge in [-0.2, -0.15) is 4.31 Å². The Morgan fingerprint density at radius 1 is 1.22 bits per heavy atom. The second-order valence-electron chi connectivity index (χ2n) is 6.51. The largest absolute Gasteiger partial charge is 0.493 e. The van der Waals surface area contributed by atoms with Gasteiger partial charge < -0.3 is 10.1 Å². The van der Waals surface area contributed by atoms with Gasteiger partial charge in [-0.15, -0.1) is 0 Å². The van der Waals surface area contributed by atoms with Crippen molar-refractivity contribution in [3.63, 3.8) is 0 Å². The number of halogens is 1. The summed E-state index contributed by atoms with van der Waals surface area (Å²) in [5.74, 6) is 0.717. The Bertz CT molecular complexity index is 916. The number of benzene rings is 2. The maximum atomic E-state index is 12.5. The van der Waals surface area contributed by atoms with E-state index in [1.165, 1.54) is 19.2 Å². The minimum absolute atomic E-state index is 0.151. The van der Waals surface area contributed by atoms with Gasteiger partial charge in [-0.1, -0.05) is 34.1 Å². The van der Waals surface area contributed by atoms with Gasteiger partial charge in [-0.3, -0.25) is 4.79 Å². The number of carbonyl (C=O) groups is 1. The lowest BCUT2D eigenvalue weighted by atomic mass is 9.97. The number of likely N-dealkylation sites (N-methyl/N-ethyl adjacent to an activating group) is 1. The molecule has 0 aromatic heterocycles. The van der Waals surface area contributed by atoms with Crippen molar-refractivity contribution in [3.05, 3.63) is 58.6 Å². The Morgan fingerprint density at radius 2 is 1.93 bits per heavy atom. The molecule has 27 heavy (non-hydrogen) atoms. The van der Waals surface area contributed by atoms with Crippen molar-refractivity contribution < 1.29 is 17.9 Å². The van der Waals surface area contributed by atoms with Crippen LogP contribution in [-0.4, -0.2) is 45.4 Å². The van der Waals surface area contributed by atoms with E-state index >= 15 is 0 Å². The van der Waals surface area contributed by atoms with E-state index in [0.717, 1.165) is 26.5 Å². The van der Waals surface area contributed by atoms with Crippen LogP contribution < -0.4 is 10.1 Å². The van der Waals surface area contributed by atoms with Crippen LogP contribution >= 0.6 is 15.9 Å². The molecule has 0 spiro atoms. The fourth-order valence-electron chi connectivity index (χ4n) is 2.91. The van der Waals surface area contributed by atoms with Crippen LogP contribution in [0.25, 0.3) is 0 Å². The zero-order valence-corrected chi connectivity index (χ0v) is 17.3. The highest BCUT2D eigenvalue weighted by Crippen LogP contribution is 2.26. The van der Waals surface area contributed by atoms with Crippen molar-refractivity contribution in [3.8, 4) is 5.75 Å². The summed E-state index contributed by atoms with van der Waals surface area (Å²) >= 11 is 3.28. The number of nitrogens with zero attached hydrogens (tertiary/aromatic N) is 1. The van der Waals surface area contributed by atoms with Gasteiger partial charge in [0.1, 0.15) is 5.75 Å². The lowest BCUT2D eigenvalue weighted by Gasteiger charge is -2.25. The standard InChI is InChI=1S/C19H21BrN2O4S/c1-22(27(24,25)17-8-6-16(20)7-9-17)12-19(23)21-11-14-10-15-4-2-3-5-18(15)26-13-14/h2-9,14H,10-13H2,1H3,(H,21,23). The summed E-state index contributed by atoms with van der Waals surface area (Å²) in [7, 11) is -2.31. The predicted octanol–water partition coefficient (Wildman–Crippen LogP) is 2.44. The molecule has 8 heteroatoms. The predicted molar refractivity (Wildman–Crippen MR) is 106 cm³/mol. The average Bonchev–Trinajstić information content (AvgIpc) is 2.66. The molecule has 1 amide bonds. The van der Waals surface area contributed by atoms with Crippen molar-refractivity contribution in [2.75, 3.05) is 26.7 Å². The number of amides is 1. The molecule has 0 saturated carbocycles. The van der Waals surface area contributed by atoms with E-state index in [4.69, 9.17) is 4.74 Å². The molecule has 6 nitrogen and oxygen atoms in total. The summed E-state index contributed by atoms with van der Waals surface area (Å²) in [6.45, 7) is 0.742. The quantitative estimate of drug-likeness (QED) is 0.729. The third kappa shape index (κ3) is 4.88. The average molecular weight is 453 g/mol. The Balaban J connectivity index is 1.52. The third-order valence-electron chi connectivity index (χ3n) is 4.43. The Morgan fingerprint density at radius 3 is 2.67 bits per heavy atom. The number of hydrogen-bond acceptors (Lipinski definition) is 4. The lowest BCUT2D eigenvalue weighted by Crippen LogP contribution is -2.41. The molecule has 0 radical (unpaired) electrons. The summed E-state index contributed by atoms with van der Waals surface area (Å²) in [6.07, 6.45) is 0.823. The first-order valence-corrected chi connectivity index (χ1v) is 10.8. The second-order valence-corrected chi connectivity index (χ2v) is 9.47. The third-order valence-corrected chi connectivity index (χ3v) is 6.78. The molecule has 0 saturated heterocycles. The molecule has 1 aliphatic heterocycles. The van der Waals surface area contributed by atoms with Crippen molar-refractivity contribution in [2.24, 2.45) is 5.92 Å². The van der Waals surface area contributed by atoms with E-state index in [2.05, 4.69) is 21.2 Å². The van der Waals surface area contributed by atoms with E-state index in [9.17, 15) is 13.2 Å². The molecule has 0 fully saturated rings. The van der Waals surface area contributed by atoms with Crippen LogP contribution in [-0.2, 0) is 21.2 Å². The minimum Gasteiger partial charge on any atom is -0.493 e. The smallest absolute Gasteiger partial charge is 0.243 e. The highest BCUT2D eigenvalue weighted by Gasteiger charge is 2.24. The number of nitrogens with one attached hydrogen (secondary N) is 1. The molecule has 1 unspecified atom stereocenters. The molecule has 3 rings (SSSR count). The van der Waals surface area contributed by atoms with Gasteiger partial charge in [0.15, 0.2) is 0 Å². The van der Waals surface area contributed by atoms with Gasteiger partial charge >= 0.3 is 0 Å². The molecule has 2 aromatic rings. The van der Waals surface area contributed by atoms with Gasteiger partial charge in [0.2, 0.25) is 15.9 Å². The van der Waals surface area contributed by atoms with Gasteiger partial charge in [0.25, 0.3) is 0 Å². The van der Waals surface area contributed by atoms with Crippen LogP contribution in [0.1, 0.15) is 5.56 Å². The lowest BCUT2D eigenvalue weighted by molar-refractivity contribution is -0.121. The van der Waals surface area contributed by atoms with Crippen molar-refractivity contribution in [1.29, 1.82) is 0 Å². The number of ether oxygens (including phenoxy) is 1. The summed E-state index contributed by atoms with van der Waals surface area (Å²) in [5.41, 5.74) is 1.12. The van der Waals surface area contributed by atoms with Crippen molar-refractivity contribution in [2.45, 2.75) is 11.3 Å². The van der Waals surface area contributed by atoms with Gasteiger partial charge in [0, 0.05) is 24.0 Å². The molecular weight excluding hydrogens is 432 g/mol. The molecule has 0 bridgehead atoms. The fraction of sp³-hybridized carbons (Fsp3) is 0.316. The molecule has 1 N–H and O–H groups in total. The first-order chi connectivity index (χ1) is 12.9. The molecule has 1 aliphatic rings. The van der Waals surface area contributed by atoms with E-state index in [1.807, 2.05) is 24.3 Å². The van der Waals surface area contributed by atoms with Gasteiger partial charge in [0.05, 0.1) is 18.0 Å². The molecule has 144 valence electrons. The van der Waals surface area contributed by atoms with Crippen LogP contribution in [0.2, 0.25) is 0 Å². The Kier molecular flexibility index (Phi) is 6.18. The maximum Gasteiger partial charge on any atom is 0.243 e. The Labute approximate surface area is 167 Å².